The van der Waals surface area contributed by atoms with Crippen molar-refractivity contribution in [3.63, 3.8) is 0 Å². The van der Waals surface area contributed by atoms with Gasteiger partial charge in [-0.1, -0.05) is 34.6 Å². The molecule has 1 N–H and O–H groups in total. The zero-order valence-corrected chi connectivity index (χ0v) is 13.6. The van der Waals surface area contributed by atoms with E-state index in [1.165, 1.54) is 11.5 Å². The first kappa shape index (κ1) is 14.3. The maximum absolute atomic E-state index is 4.83. The predicted octanol–water partition coefficient (Wildman–Crippen LogP) is 2.84. The lowest BCUT2D eigenvalue weighted by Crippen LogP contribution is -2.24. The first-order valence-corrected chi connectivity index (χ1v) is 7.69. The molecule has 1 aliphatic rings. The second-order valence-corrected chi connectivity index (χ2v) is 7.94. The van der Waals surface area contributed by atoms with Crippen molar-refractivity contribution in [1.29, 1.82) is 0 Å². The van der Waals surface area contributed by atoms with Crippen molar-refractivity contribution < 1.29 is 0 Å². The van der Waals surface area contributed by atoms with E-state index in [0.717, 1.165) is 25.2 Å². The third-order valence-electron chi connectivity index (χ3n) is 4.41. The lowest BCUT2D eigenvalue weighted by atomic mass is 9.81. The minimum atomic E-state index is 0.0258. The highest BCUT2D eigenvalue weighted by Gasteiger charge is 2.33. The van der Waals surface area contributed by atoms with Crippen LogP contribution in [-0.4, -0.2) is 24.7 Å². The van der Waals surface area contributed by atoms with Crippen molar-refractivity contribution in [2.24, 2.45) is 5.92 Å². The summed E-state index contributed by atoms with van der Waals surface area (Å²) in [5.74, 6) is 2.84. The predicted molar refractivity (Wildman–Crippen MR) is 82.1 cm³/mol. The van der Waals surface area contributed by atoms with Crippen LogP contribution in [0.3, 0.4) is 0 Å². The van der Waals surface area contributed by atoms with E-state index >= 15 is 0 Å². The van der Waals surface area contributed by atoms with Crippen LogP contribution in [0.4, 0.5) is 0 Å². The molecule has 1 unspecified atom stereocenters. The molecule has 1 aliphatic heterocycles. The van der Waals surface area contributed by atoms with Gasteiger partial charge in [-0.05, 0) is 12.3 Å². The maximum atomic E-state index is 4.83. The molecule has 5 nitrogen and oxygen atoms in total. The third kappa shape index (κ3) is 2.74. The molecule has 1 atom stereocenters. The van der Waals surface area contributed by atoms with Crippen LogP contribution in [0.15, 0.2) is 12.5 Å². The number of nitrogens with one attached hydrogen (secondary N) is 1. The summed E-state index contributed by atoms with van der Waals surface area (Å²) in [5, 5.41) is 8.09. The van der Waals surface area contributed by atoms with Crippen molar-refractivity contribution in [3.8, 4) is 0 Å². The SMILES string of the molecule is CC(C)(C)c1cn2c(n1)CC(CC(C)(C)c1nnc[nH]1)C2. The molecule has 3 heterocycles. The molecule has 0 amide bonds. The Morgan fingerprint density at radius 1 is 1.29 bits per heavy atom. The Kier molecular flexibility index (Phi) is 3.19. The molecule has 0 saturated carbocycles. The Morgan fingerprint density at radius 2 is 2.05 bits per heavy atom. The summed E-state index contributed by atoms with van der Waals surface area (Å²) in [6.45, 7) is 12.2. The topological polar surface area (TPSA) is 59.4 Å². The van der Waals surface area contributed by atoms with Crippen LogP contribution in [0, 0.1) is 5.92 Å². The van der Waals surface area contributed by atoms with Crippen LogP contribution in [0.1, 0.15) is 58.4 Å². The molecule has 5 heteroatoms. The van der Waals surface area contributed by atoms with Crippen LogP contribution in [0.2, 0.25) is 0 Å². The Bertz CT molecular complexity index is 592. The second kappa shape index (κ2) is 4.68. The number of fused-ring (bicyclic) bond motifs is 1. The molecule has 2 aromatic heterocycles. The summed E-state index contributed by atoms with van der Waals surface area (Å²) in [7, 11) is 0. The molecule has 0 spiro atoms. The van der Waals surface area contributed by atoms with Crippen LogP contribution < -0.4 is 0 Å². The number of imidazole rings is 1. The summed E-state index contributed by atoms with van der Waals surface area (Å²) in [6, 6.07) is 0. The smallest absolute Gasteiger partial charge is 0.135 e. The van der Waals surface area contributed by atoms with E-state index in [1.54, 1.807) is 6.33 Å². The number of aromatic amines is 1. The quantitative estimate of drug-likeness (QED) is 0.944. The molecule has 0 saturated heterocycles. The first-order chi connectivity index (χ1) is 9.75. The maximum Gasteiger partial charge on any atom is 0.135 e. The van der Waals surface area contributed by atoms with Gasteiger partial charge in [-0.3, -0.25) is 0 Å². The van der Waals surface area contributed by atoms with Gasteiger partial charge in [-0.25, -0.2) is 4.98 Å². The van der Waals surface area contributed by atoms with Crippen molar-refractivity contribution in [1.82, 2.24) is 24.7 Å². The second-order valence-electron chi connectivity index (χ2n) is 7.94. The lowest BCUT2D eigenvalue weighted by molar-refractivity contribution is 0.340. The Balaban J connectivity index is 1.70. The molecule has 2 aromatic rings. The Hall–Kier alpha value is -1.65. The molecular weight excluding hydrogens is 262 g/mol. The van der Waals surface area contributed by atoms with Gasteiger partial charge in [0.2, 0.25) is 0 Å². The highest BCUT2D eigenvalue weighted by Crippen LogP contribution is 2.34. The monoisotopic (exact) mass is 287 g/mol. The number of aromatic nitrogens is 5. The fourth-order valence-electron chi connectivity index (χ4n) is 3.23. The summed E-state index contributed by atoms with van der Waals surface area (Å²) < 4.78 is 2.34. The van der Waals surface area contributed by atoms with Crippen molar-refractivity contribution >= 4 is 0 Å². The van der Waals surface area contributed by atoms with Gasteiger partial charge >= 0.3 is 0 Å². The standard InChI is InChI=1S/C16H25N5/c1-15(2,3)12-9-21-8-11(6-13(21)19-12)7-16(4,5)14-17-10-18-20-14/h9-11H,6-8H2,1-5H3,(H,17,18,20). The normalized spacial score (nSPS) is 19.0. The molecule has 0 aliphatic carbocycles. The van der Waals surface area contributed by atoms with Crippen molar-refractivity contribution in [2.75, 3.05) is 0 Å². The van der Waals surface area contributed by atoms with E-state index in [-0.39, 0.29) is 10.8 Å². The minimum absolute atomic E-state index is 0.0258. The van der Waals surface area contributed by atoms with E-state index in [9.17, 15) is 0 Å². The van der Waals surface area contributed by atoms with E-state index in [4.69, 9.17) is 4.98 Å². The summed E-state index contributed by atoms with van der Waals surface area (Å²) >= 11 is 0. The number of rotatable bonds is 3. The van der Waals surface area contributed by atoms with Gasteiger partial charge in [0.15, 0.2) is 0 Å². The fraction of sp³-hybridized carbons (Fsp3) is 0.688. The largest absolute Gasteiger partial charge is 0.334 e. The van der Waals surface area contributed by atoms with Gasteiger partial charge in [0, 0.05) is 30.0 Å². The van der Waals surface area contributed by atoms with Crippen molar-refractivity contribution in [2.45, 2.75) is 64.8 Å². The van der Waals surface area contributed by atoms with Gasteiger partial charge < -0.3 is 9.55 Å². The Labute approximate surface area is 126 Å². The molecule has 0 bridgehead atoms. The first-order valence-electron chi connectivity index (χ1n) is 7.69. The highest BCUT2D eigenvalue weighted by molar-refractivity contribution is 5.16. The minimum Gasteiger partial charge on any atom is -0.334 e. The van der Waals surface area contributed by atoms with Crippen molar-refractivity contribution in [3.05, 3.63) is 29.9 Å². The van der Waals surface area contributed by atoms with Crippen LogP contribution >= 0.6 is 0 Å². The van der Waals surface area contributed by atoms with Gasteiger partial charge in [-0.2, -0.15) is 0 Å². The number of H-pyrrole nitrogens is 1. The van der Waals surface area contributed by atoms with Crippen LogP contribution in [0.5, 0.6) is 0 Å². The Morgan fingerprint density at radius 3 is 2.62 bits per heavy atom. The third-order valence-corrected chi connectivity index (χ3v) is 4.41. The highest BCUT2D eigenvalue weighted by atomic mass is 15.2. The molecule has 0 fully saturated rings. The number of hydrogen-bond donors (Lipinski definition) is 1. The van der Waals surface area contributed by atoms with E-state index in [1.807, 2.05) is 0 Å². The number of hydrogen-bond acceptors (Lipinski definition) is 3. The van der Waals surface area contributed by atoms with Crippen LogP contribution in [-0.2, 0) is 23.8 Å². The van der Waals surface area contributed by atoms with Gasteiger partial charge in [0.05, 0.1) is 5.69 Å². The zero-order chi connectivity index (χ0) is 15.3. The van der Waals surface area contributed by atoms with Gasteiger partial charge in [-0.15, -0.1) is 10.2 Å². The molecule has 0 radical (unpaired) electrons. The molecule has 3 rings (SSSR count). The van der Waals surface area contributed by atoms with Gasteiger partial charge in [0.1, 0.15) is 18.0 Å². The van der Waals surface area contributed by atoms with E-state index in [0.29, 0.717) is 5.92 Å². The lowest BCUT2D eigenvalue weighted by Gasteiger charge is -2.25. The average molecular weight is 287 g/mol. The summed E-state index contributed by atoms with van der Waals surface area (Å²) in [6.07, 6.45) is 6.05. The zero-order valence-electron chi connectivity index (χ0n) is 13.6. The molecule has 21 heavy (non-hydrogen) atoms. The molecular formula is C16H25N5. The molecule has 114 valence electrons. The fourth-order valence-corrected chi connectivity index (χ4v) is 3.23. The summed E-state index contributed by atoms with van der Waals surface area (Å²) in [4.78, 5) is 7.98. The van der Waals surface area contributed by atoms with Gasteiger partial charge in [0.25, 0.3) is 0 Å². The number of nitrogens with zero attached hydrogens (tertiary/aromatic N) is 4. The van der Waals surface area contributed by atoms with E-state index in [2.05, 4.69) is 60.6 Å². The average Bonchev–Trinajstić information content (AvgIpc) is 3.00. The van der Waals surface area contributed by atoms with E-state index < -0.39 is 0 Å². The summed E-state index contributed by atoms with van der Waals surface area (Å²) in [5.41, 5.74) is 1.36. The molecule has 0 aromatic carbocycles. The van der Waals surface area contributed by atoms with Crippen LogP contribution in [0.25, 0.3) is 0 Å².